The molecule has 206 valence electrons. The van der Waals surface area contributed by atoms with Crippen molar-refractivity contribution in [2.45, 2.75) is 32.9 Å². The lowest BCUT2D eigenvalue weighted by molar-refractivity contribution is 0.174. The average molecular weight is 576 g/mol. The van der Waals surface area contributed by atoms with Crippen molar-refractivity contribution in [2.75, 3.05) is 22.7 Å². The van der Waals surface area contributed by atoms with Crippen LogP contribution >= 0.6 is 12.2 Å². The quantitative estimate of drug-likeness (QED) is 0.308. The van der Waals surface area contributed by atoms with E-state index in [0.717, 1.165) is 57.3 Å². The molecule has 0 aliphatic carbocycles. The van der Waals surface area contributed by atoms with Crippen LogP contribution in [0.25, 0.3) is 5.69 Å². The second-order valence-corrected chi connectivity index (χ2v) is 12.2. The summed E-state index contributed by atoms with van der Waals surface area (Å²) in [4.78, 5) is 6.76. The number of rotatable bonds is 6. The summed E-state index contributed by atoms with van der Waals surface area (Å²) >= 11 is 5.91. The van der Waals surface area contributed by atoms with E-state index in [-0.39, 0.29) is 18.9 Å². The molecule has 4 aromatic rings. The Morgan fingerprint density at radius 1 is 1.00 bits per heavy atom. The van der Waals surface area contributed by atoms with Crippen molar-refractivity contribution >= 4 is 38.7 Å². The molecule has 2 atom stereocenters. The van der Waals surface area contributed by atoms with Gasteiger partial charge < -0.3 is 24.3 Å². The molecule has 1 fully saturated rings. The molecular formula is C29H29N5O4S2. The smallest absolute Gasteiger partial charge is 0.231 e. The first-order chi connectivity index (χ1) is 19.1. The zero-order valence-corrected chi connectivity index (χ0v) is 24.1. The third-order valence-electron chi connectivity index (χ3n) is 7.28. The number of hydrogen-bond acceptors (Lipinski definition) is 6. The number of thiocarbonyl (C=S) groups is 1. The third-order valence-corrected chi connectivity index (χ3v) is 8.19. The number of pyridine rings is 1. The molecule has 11 heteroatoms. The summed E-state index contributed by atoms with van der Waals surface area (Å²) in [5, 5.41) is 4.07. The largest absolute Gasteiger partial charge is 0.454 e. The van der Waals surface area contributed by atoms with Gasteiger partial charge in [-0.15, -0.1) is 0 Å². The second-order valence-electron chi connectivity index (χ2n) is 10.1. The summed E-state index contributed by atoms with van der Waals surface area (Å²) in [5.74, 6) is 1.46. The molecular weight excluding hydrogens is 546 g/mol. The van der Waals surface area contributed by atoms with E-state index < -0.39 is 10.0 Å². The average Bonchev–Trinajstić information content (AvgIpc) is 3.59. The number of nitrogens with zero attached hydrogens (tertiary/aromatic N) is 3. The van der Waals surface area contributed by atoms with Crippen LogP contribution in [0.5, 0.6) is 11.5 Å². The summed E-state index contributed by atoms with van der Waals surface area (Å²) in [7, 11) is -3.41. The molecule has 6 rings (SSSR count). The van der Waals surface area contributed by atoms with Crippen LogP contribution in [0.2, 0.25) is 0 Å². The van der Waals surface area contributed by atoms with Crippen LogP contribution in [0.15, 0.2) is 66.9 Å². The molecule has 2 N–H and O–H groups in total. The van der Waals surface area contributed by atoms with Crippen molar-refractivity contribution in [3.8, 4) is 17.2 Å². The van der Waals surface area contributed by atoms with Crippen LogP contribution in [-0.2, 0) is 10.0 Å². The Labute approximate surface area is 238 Å². The third kappa shape index (κ3) is 4.65. The molecule has 2 aliphatic heterocycles. The van der Waals surface area contributed by atoms with Crippen molar-refractivity contribution in [3.05, 3.63) is 95.1 Å². The minimum atomic E-state index is -3.41. The number of benzene rings is 2. The van der Waals surface area contributed by atoms with Crippen LogP contribution in [0, 0.1) is 20.8 Å². The highest BCUT2D eigenvalue weighted by Gasteiger charge is 2.42. The van der Waals surface area contributed by atoms with E-state index in [4.69, 9.17) is 21.7 Å². The van der Waals surface area contributed by atoms with Crippen LogP contribution in [0.4, 0.5) is 11.4 Å². The summed E-state index contributed by atoms with van der Waals surface area (Å²) in [6.45, 7) is 6.28. The van der Waals surface area contributed by atoms with Gasteiger partial charge in [-0.3, -0.25) is 9.71 Å². The molecule has 0 saturated carbocycles. The van der Waals surface area contributed by atoms with Gasteiger partial charge in [0.25, 0.3) is 0 Å². The molecule has 4 heterocycles. The van der Waals surface area contributed by atoms with Gasteiger partial charge in [0.2, 0.25) is 16.8 Å². The maximum absolute atomic E-state index is 11.9. The predicted molar refractivity (Wildman–Crippen MR) is 159 cm³/mol. The molecule has 0 radical (unpaired) electrons. The van der Waals surface area contributed by atoms with Gasteiger partial charge in [-0.1, -0.05) is 6.07 Å². The van der Waals surface area contributed by atoms with Crippen LogP contribution in [-0.4, -0.2) is 36.1 Å². The van der Waals surface area contributed by atoms with Gasteiger partial charge in [0.15, 0.2) is 16.6 Å². The molecule has 0 spiro atoms. The van der Waals surface area contributed by atoms with Crippen molar-refractivity contribution in [3.63, 3.8) is 0 Å². The van der Waals surface area contributed by atoms with Crippen LogP contribution in [0.3, 0.4) is 0 Å². The number of ether oxygens (including phenoxy) is 2. The van der Waals surface area contributed by atoms with Crippen molar-refractivity contribution in [2.24, 2.45) is 0 Å². The maximum atomic E-state index is 11.9. The number of anilines is 2. The molecule has 2 aromatic carbocycles. The molecule has 40 heavy (non-hydrogen) atoms. The Balaban J connectivity index is 1.47. The summed E-state index contributed by atoms with van der Waals surface area (Å²) < 4.78 is 39.7. The van der Waals surface area contributed by atoms with E-state index in [1.54, 1.807) is 12.3 Å². The maximum Gasteiger partial charge on any atom is 0.231 e. The molecule has 9 nitrogen and oxygen atoms in total. The zero-order chi connectivity index (χ0) is 28.2. The molecule has 1 saturated heterocycles. The fourth-order valence-corrected chi connectivity index (χ4v) is 6.54. The topological polar surface area (TPSA) is 97.7 Å². The number of hydrogen-bond donors (Lipinski definition) is 2. The van der Waals surface area contributed by atoms with E-state index in [2.05, 4.69) is 44.4 Å². The monoisotopic (exact) mass is 575 g/mol. The lowest BCUT2D eigenvalue weighted by atomic mass is 9.96. The molecule has 2 aliphatic rings. The lowest BCUT2D eigenvalue weighted by Crippen LogP contribution is -2.29. The number of fused-ring (bicyclic) bond motifs is 1. The fourth-order valence-electron chi connectivity index (χ4n) is 5.57. The molecule has 2 aromatic heterocycles. The summed E-state index contributed by atoms with van der Waals surface area (Å²) in [6, 6.07) is 19.2. The Morgan fingerprint density at radius 2 is 1.77 bits per heavy atom. The highest BCUT2D eigenvalue weighted by Crippen LogP contribution is 2.45. The fraction of sp³-hybridized carbons (Fsp3) is 0.241. The van der Waals surface area contributed by atoms with Gasteiger partial charge in [-0.25, -0.2) is 8.42 Å². The first-order valence-corrected chi connectivity index (χ1v) is 15.1. The van der Waals surface area contributed by atoms with Crippen molar-refractivity contribution in [1.82, 2.24) is 14.9 Å². The predicted octanol–water partition coefficient (Wildman–Crippen LogP) is 5.07. The number of sulfonamides is 1. The minimum Gasteiger partial charge on any atom is -0.454 e. The normalized spacial score (nSPS) is 18.2. The molecule has 0 unspecified atom stereocenters. The van der Waals surface area contributed by atoms with E-state index in [9.17, 15) is 8.42 Å². The van der Waals surface area contributed by atoms with Gasteiger partial charge in [0, 0.05) is 35.0 Å². The summed E-state index contributed by atoms with van der Waals surface area (Å²) in [6.07, 6.45) is 2.93. The SMILES string of the molecule is Cc1cc(N2C(=S)N[C@@H](c3ccccn3)[C@@H]2c2cc(C)n(-c3ccc4c(c3)OCO4)c2C)ccc1NS(C)(=O)=O. The van der Waals surface area contributed by atoms with Crippen LogP contribution in [0.1, 0.15) is 40.3 Å². The van der Waals surface area contributed by atoms with Crippen molar-refractivity contribution in [1.29, 1.82) is 0 Å². The van der Waals surface area contributed by atoms with Gasteiger partial charge in [0.1, 0.15) is 0 Å². The first kappa shape index (κ1) is 26.1. The Hall–Kier alpha value is -4.09. The zero-order valence-electron chi connectivity index (χ0n) is 22.5. The van der Waals surface area contributed by atoms with Crippen molar-refractivity contribution < 1.29 is 17.9 Å². The Kier molecular flexibility index (Phi) is 6.42. The highest BCUT2D eigenvalue weighted by molar-refractivity contribution is 7.92. The standard InChI is InChI=1S/C29H29N5O4S2/c1-17-13-20(8-10-23(17)32-40(4,35)36)34-28(27(31-29(34)39)24-7-5-6-12-30-24)22-14-18(2)33(19(22)3)21-9-11-25-26(15-21)38-16-37-25/h5-15,27-28,32H,16H2,1-4H3,(H,31,39)/t27-,28-/m0/s1. The van der Waals surface area contributed by atoms with Gasteiger partial charge in [0.05, 0.1) is 29.7 Å². The highest BCUT2D eigenvalue weighted by atomic mass is 32.2. The first-order valence-electron chi connectivity index (χ1n) is 12.8. The van der Waals surface area contributed by atoms with E-state index in [1.807, 2.05) is 55.5 Å². The van der Waals surface area contributed by atoms with E-state index in [0.29, 0.717) is 10.8 Å². The van der Waals surface area contributed by atoms with Gasteiger partial charge in [-0.05, 0) is 92.6 Å². The summed E-state index contributed by atoms with van der Waals surface area (Å²) in [5.41, 5.74) is 7.24. The number of nitrogens with one attached hydrogen (secondary N) is 2. The Bertz CT molecular complexity index is 1740. The molecule has 0 bridgehead atoms. The Morgan fingerprint density at radius 3 is 2.50 bits per heavy atom. The number of aromatic nitrogens is 2. The lowest BCUT2D eigenvalue weighted by Gasteiger charge is -2.29. The second kappa shape index (κ2) is 9.83. The van der Waals surface area contributed by atoms with Gasteiger partial charge >= 0.3 is 0 Å². The van der Waals surface area contributed by atoms with E-state index in [1.165, 1.54) is 0 Å². The van der Waals surface area contributed by atoms with Crippen LogP contribution < -0.4 is 24.4 Å². The van der Waals surface area contributed by atoms with E-state index >= 15 is 0 Å². The minimum absolute atomic E-state index is 0.214. The number of aryl methyl sites for hydroxylation is 2. The van der Waals surface area contributed by atoms with Gasteiger partial charge in [-0.2, -0.15) is 0 Å². The molecule has 0 amide bonds.